The molecule has 3 unspecified atom stereocenters. The third-order valence-electron chi connectivity index (χ3n) is 2.82. The van der Waals surface area contributed by atoms with Crippen LogP contribution in [0, 0.1) is 11.8 Å². The normalized spacial score (nSPS) is 32.8. The van der Waals surface area contributed by atoms with Crippen LogP contribution >= 0.6 is 0 Å². The van der Waals surface area contributed by atoms with Gasteiger partial charge in [0.15, 0.2) is 0 Å². The lowest BCUT2D eigenvalue weighted by Crippen LogP contribution is -2.29. The maximum Gasteiger partial charge on any atom is 0.123 e. The fourth-order valence-electron chi connectivity index (χ4n) is 1.78. The number of hydrogen-bond acceptors (Lipinski definition) is 2. The maximum atomic E-state index is 10.6. The van der Waals surface area contributed by atoms with Crippen molar-refractivity contribution in [2.24, 2.45) is 11.8 Å². The van der Waals surface area contributed by atoms with Crippen LogP contribution in [-0.4, -0.2) is 19.0 Å². The fraction of sp³-hybridized carbons (Fsp3) is 0.900. The smallest absolute Gasteiger partial charge is 0.123 e. The Hall–Kier alpha value is -0.370. The number of ether oxygens (including phenoxy) is 1. The van der Waals surface area contributed by atoms with Gasteiger partial charge >= 0.3 is 0 Å². The number of carbonyl (C=O) groups is 1. The van der Waals surface area contributed by atoms with E-state index in [0.29, 0.717) is 12.0 Å². The molecule has 0 N–H and O–H groups in total. The second kappa shape index (κ2) is 4.61. The monoisotopic (exact) mass is 170 g/mol. The topological polar surface area (TPSA) is 26.3 Å². The molecule has 2 heteroatoms. The molecular weight excluding hydrogens is 152 g/mol. The molecule has 2 nitrogen and oxygen atoms in total. The van der Waals surface area contributed by atoms with E-state index in [0.717, 1.165) is 32.2 Å². The van der Waals surface area contributed by atoms with Crippen molar-refractivity contribution >= 4 is 6.29 Å². The van der Waals surface area contributed by atoms with E-state index in [9.17, 15) is 4.79 Å². The first-order chi connectivity index (χ1) is 5.77. The molecule has 1 fully saturated rings. The van der Waals surface area contributed by atoms with Gasteiger partial charge in [-0.2, -0.15) is 0 Å². The van der Waals surface area contributed by atoms with E-state index in [2.05, 4.69) is 6.92 Å². The zero-order valence-electron chi connectivity index (χ0n) is 7.95. The van der Waals surface area contributed by atoms with Gasteiger partial charge in [-0.05, 0) is 25.2 Å². The molecule has 0 bridgehead atoms. The van der Waals surface area contributed by atoms with Gasteiger partial charge in [0.25, 0.3) is 0 Å². The number of hydrogen-bond donors (Lipinski definition) is 0. The molecule has 0 saturated carbocycles. The Morgan fingerprint density at radius 1 is 1.67 bits per heavy atom. The molecule has 1 rings (SSSR count). The van der Waals surface area contributed by atoms with E-state index < -0.39 is 0 Å². The van der Waals surface area contributed by atoms with Crippen LogP contribution in [-0.2, 0) is 9.53 Å². The number of aldehydes is 1. The summed E-state index contributed by atoms with van der Waals surface area (Å²) >= 11 is 0. The highest BCUT2D eigenvalue weighted by molar-refractivity contribution is 5.53. The average molecular weight is 170 g/mol. The predicted octanol–water partition coefficient (Wildman–Crippen LogP) is 2.03. The summed E-state index contributed by atoms with van der Waals surface area (Å²) in [4.78, 5) is 10.6. The largest absolute Gasteiger partial charge is 0.378 e. The van der Waals surface area contributed by atoms with Crippen molar-refractivity contribution in [3.05, 3.63) is 0 Å². The van der Waals surface area contributed by atoms with Crippen LogP contribution in [0.4, 0.5) is 0 Å². The van der Waals surface area contributed by atoms with Crippen LogP contribution < -0.4 is 0 Å². The summed E-state index contributed by atoms with van der Waals surface area (Å²) < 4.78 is 5.54. The van der Waals surface area contributed by atoms with Crippen LogP contribution in [0.1, 0.15) is 33.1 Å². The summed E-state index contributed by atoms with van der Waals surface area (Å²) in [6, 6.07) is 0. The predicted molar refractivity (Wildman–Crippen MR) is 48.0 cm³/mol. The molecule has 0 amide bonds. The Labute approximate surface area is 74.3 Å². The molecule has 0 radical (unpaired) electrons. The zero-order chi connectivity index (χ0) is 8.97. The van der Waals surface area contributed by atoms with Crippen LogP contribution in [0.3, 0.4) is 0 Å². The molecule has 1 saturated heterocycles. The molecular formula is C10H18O2. The quantitative estimate of drug-likeness (QED) is 0.606. The Balaban J connectivity index is 2.39. The van der Waals surface area contributed by atoms with Crippen LogP contribution in [0.5, 0.6) is 0 Å². The molecule has 12 heavy (non-hydrogen) atoms. The lowest BCUT2D eigenvalue weighted by Gasteiger charge is -2.30. The van der Waals surface area contributed by atoms with E-state index in [1.54, 1.807) is 0 Å². The molecule has 3 atom stereocenters. The van der Waals surface area contributed by atoms with E-state index in [1.807, 2.05) is 6.92 Å². The van der Waals surface area contributed by atoms with Crippen LogP contribution in [0.15, 0.2) is 0 Å². The van der Waals surface area contributed by atoms with Gasteiger partial charge in [-0.25, -0.2) is 0 Å². The van der Waals surface area contributed by atoms with Gasteiger partial charge in [0.2, 0.25) is 0 Å². The van der Waals surface area contributed by atoms with E-state index >= 15 is 0 Å². The molecule has 1 heterocycles. The van der Waals surface area contributed by atoms with Crippen molar-refractivity contribution in [2.75, 3.05) is 6.61 Å². The summed E-state index contributed by atoms with van der Waals surface area (Å²) in [7, 11) is 0. The summed E-state index contributed by atoms with van der Waals surface area (Å²) in [6.45, 7) is 4.98. The van der Waals surface area contributed by atoms with Crippen molar-refractivity contribution in [2.45, 2.75) is 39.2 Å². The molecule has 0 aliphatic carbocycles. The summed E-state index contributed by atoms with van der Waals surface area (Å²) in [5.41, 5.74) is 0. The highest BCUT2D eigenvalue weighted by atomic mass is 16.5. The lowest BCUT2D eigenvalue weighted by molar-refractivity contribution is -0.114. The average Bonchev–Trinajstić information content (AvgIpc) is 2.17. The van der Waals surface area contributed by atoms with E-state index in [-0.39, 0.29) is 5.92 Å². The second-order valence-electron chi connectivity index (χ2n) is 3.68. The van der Waals surface area contributed by atoms with Crippen LogP contribution in [0.25, 0.3) is 0 Å². The van der Waals surface area contributed by atoms with Gasteiger partial charge in [-0.1, -0.05) is 13.8 Å². The minimum Gasteiger partial charge on any atom is -0.378 e. The lowest BCUT2D eigenvalue weighted by atomic mass is 9.85. The fourth-order valence-corrected chi connectivity index (χ4v) is 1.78. The van der Waals surface area contributed by atoms with Gasteiger partial charge < -0.3 is 9.53 Å². The number of rotatable bonds is 3. The Bertz CT molecular complexity index is 145. The highest BCUT2D eigenvalue weighted by Gasteiger charge is 2.25. The van der Waals surface area contributed by atoms with E-state index in [1.165, 1.54) is 0 Å². The number of carbonyl (C=O) groups excluding carboxylic acids is 1. The maximum absolute atomic E-state index is 10.6. The van der Waals surface area contributed by atoms with Gasteiger partial charge in [0.1, 0.15) is 6.29 Å². The van der Waals surface area contributed by atoms with Crippen molar-refractivity contribution in [3.8, 4) is 0 Å². The molecule has 1 aliphatic rings. The highest BCUT2D eigenvalue weighted by Crippen LogP contribution is 2.27. The summed E-state index contributed by atoms with van der Waals surface area (Å²) in [5, 5.41) is 0. The van der Waals surface area contributed by atoms with E-state index in [4.69, 9.17) is 4.74 Å². The molecule has 70 valence electrons. The van der Waals surface area contributed by atoms with Crippen LogP contribution in [0.2, 0.25) is 0 Å². The molecule has 0 aromatic carbocycles. The van der Waals surface area contributed by atoms with Gasteiger partial charge in [0.05, 0.1) is 6.10 Å². The molecule has 0 aromatic rings. The SMILES string of the molecule is CCC1CC(C(C)C=O)CCO1. The summed E-state index contributed by atoms with van der Waals surface area (Å²) in [6.07, 6.45) is 4.66. The first-order valence-electron chi connectivity index (χ1n) is 4.84. The zero-order valence-corrected chi connectivity index (χ0v) is 7.95. The second-order valence-corrected chi connectivity index (χ2v) is 3.68. The standard InChI is InChI=1S/C10H18O2/c1-3-10-6-9(4-5-12-10)8(2)7-11/h7-10H,3-6H2,1-2H3. The van der Waals surface area contributed by atoms with Gasteiger partial charge in [-0.15, -0.1) is 0 Å². The third-order valence-corrected chi connectivity index (χ3v) is 2.82. The van der Waals surface area contributed by atoms with Crippen molar-refractivity contribution < 1.29 is 9.53 Å². The van der Waals surface area contributed by atoms with Crippen molar-refractivity contribution in [3.63, 3.8) is 0 Å². The first-order valence-corrected chi connectivity index (χ1v) is 4.84. The summed E-state index contributed by atoms with van der Waals surface area (Å²) in [5.74, 6) is 0.768. The Kier molecular flexibility index (Phi) is 3.73. The molecule has 1 aliphatic heterocycles. The van der Waals surface area contributed by atoms with Crippen molar-refractivity contribution in [1.29, 1.82) is 0 Å². The minimum atomic E-state index is 0.211. The molecule has 0 aromatic heterocycles. The first kappa shape index (κ1) is 9.72. The minimum absolute atomic E-state index is 0.211. The van der Waals surface area contributed by atoms with Gasteiger partial charge in [-0.3, -0.25) is 0 Å². The van der Waals surface area contributed by atoms with Gasteiger partial charge in [0, 0.05) is 12.5 Å². The Morgan fingerprint density at radius 3 is 3.00 bits per heavy atom. The van der Waals surface area contributed by atoms with Crippen molar-refractivity contribution in [1.82, 2.24) is 0 Å². The molecule has 0 spiro atoms. The third kappa shape index (κ3) is 2.31. The Morgan fingerprint density at radius 2 is 2.42 bits per heavy atom.